The van der Waals surface area contributed by atoms with E-state index in [2.05, 4.69) is 5.32 Å². The van der Waals surface area contributed by atoms with Crippen molar-refractivity contribution < 1.29 is 9.18 Å². The van der Waals surface area contributed by atoms with Gasteiger partial charge >= 0.3 is 0 Å². The largest absolute Gasteiger partial charge is 0.350 e. The molecule has 1 atom stereocenters. The van der Waals surface area contributed by atoms with Crippen LogP contribution in [0.4, 0.5) is 4.39 Å². The summed E-state index contributed by atoms with van der Waals surface area (Å²) in [5.41, 5.74) is 0.279. The van der Waals surface area contributed by atoms with Gasteiger partial charge < -0.3 is 10.2 Å². The lowest BCUT2D eigenvalue weighted by Gasteiger charge is -2.23. The van der Waals surface area contributed by atoms with Crippen LogP contribution in [0.3, 0.4) is 0 Å². The molecular formula is C15H16ClFN2OS. The maximum absolute atomic E-state index is 13.0. The van der Waals surface area contributed by atoms with Crippen LogP contribution in [0.1, 0.15) is 21.3 Å². The van der Waals surface area contributed by atoms with Gasteiger partial charge in [-0.3, -0.25) is 4.79 Å². The molecule has 1 unspecified atom stereocenters. The van der Waals surface area contributed by atoms with E-state index >= 15 is 0 Å². The third-order valence-electron chi connectivity index (χ3n) is 3.13. The predicted octanol–water partition coefficient (Wildman–Crippen LogP) is 3.57. The van der Waals surface area contributed by atoms with Crippen LogP contribution in [0.25, 0.3) is 0 Å². The van der Waals surface area contributed by atoms with Crippen molar-refractivity contribution in [1.29, 1.82) is 0 Å². The standard InChI is InChI=1S/C15H16ClFN2OS/c1-19(2)13(14-4-3-7-21-14)9-18-15(20)11-6-5-10(17)8-12(11)16/h3-8,13H,9H2,1-2H3,(H,18,20). The maximum Gasteiger partial charge on any atom is 0.252 e. The van der Waals surface area contributed by atoms with Gasteiger partial charge in [-0.2, -0.15) is 0 Å². The molecule has 1 aromatic heterocycles. The molecule has 112 valence electrons. The first kappa shape index (κ1) is 15.9. The van der Waals surface area contributed by atoms with Gasteiger partial charge in [0.25, 0.3) is 5.91 Å². The Bertz CT molecular complexity index is 616. The Morgan fingerprint density at radius 3 is 2.76 bits per heavy atom. The zero-order valence-electron chi connectivity index (χ0n) is 11.8. The molecule has 3 nitrogen and oxygen atoms in total. The highest BCUT2D eigenvalue weighted by Crippen LogP contribution is 2.23. The van der Waals surface area contributed by atoms with Crippen molar-refractivity contribution in [3.8, 4) is 0 Å². The number of thiophene rings is 1. The summed E-state index contributed by atoms with van der Waals surface area (Å²) in [4.78, 5) is 15.4. The van der Waals surface area contributed by atoms with Crippen LogP contribution in [0.15, 0.2) is 35.7 Å². The van der Waals surface area contributed by atoms with E-state index in [1.54, 1.807) is 11.3 Å². The zero-order valence-corrected chi connectivity index (χ0v) is 13.3. The second-order valence-electron chi connectivity index (χ2n) is 4.83. The van der Waals surface area contributed by atoms with E-state index in [0.717, 1.165) is 6.07 Å². The van der Waals surface area contributed by atoms with Crippen LogP contribution in [0.5, 0.6) is 0 Å². The zero-order chi connectivity index (χ0) is 15.4. The third kappa shape index (κ3) is 4.03. The number of nitrogens with zero attached hydrogens (tertiary/aromatic N) is 1. The minimum Gasteiger partial charge on any atom is -0.350 e. The van der Waals surface area contributed by atoms with E-state index < -0.39 is 5.82 Å². The average Bonchev–Trinajstić information content (AvgIpc) is 2.92. The van der Waals surface area contributed by atoms with Gasteiger partial charge in [0.15, 0.2) is 0 Å². The molecule has 0 aliphatic rings. The maximum atomic E-state index is 13.0. The van der Waals surface area contributed by atoms with Crippen molar-refractivity contribution in [2.45, 2.75) is 6.04 Å². The second-order valence-corrected chi connectivity index (χ2v) is 6.22. The Morgan fingerprint density at radius 1 is 1.43 bits per heavy atom. The smallest absolute Gasteiger partial charge is 0.252 e. The number of rotatable bonds is 5. The van der Waals surface area contributed by atoms with Gasteiger partial charge in [-0.1, -0.05) is 17.7 Å². The molecule has 1 N–H and O–H groups in total. The number of hydrogen-bond donors (Lipinski definition) is 1. The van der Waals surface area contributed by atoms with E-state index in [4.69, 9.17) is 11.6 Å². The van der Waals surface area contributed by atoms with Gasteiger partial charge in [0.2, 0.25) is 0 Å². The Balaban J connectivity index is 2.05. The molecule has 0 saturated carbocycles. The highest BCUT2D eigenvalue weighted by atomic mass is 35.5. The number of nitrogens with one attached hydrogen (secondary N) is 1. The van der Waals surface area contributed by atoms with Gasteiger partial charge in [0, 0.05) is 11.4 Å². The molecule has 0 saturated heterocycles. The molecule has 2 aromatic rings. The molecule has 0 aliphatic carbocycles. The fraction of sp³-hybridized carbons (Fsp3) is 0.267. The summed E-state index contributed by atoms with van der Waals surface area (Å²) in [5, 5.41) is 4.97. The molecule has 0 spiro atoms. The normalized spacial score (nSPS) is 12.4. The molecule has 2 rings (SSSR count). The van der Waals surface area contributed by atoms with E-state index in [1.807, 2.05) is 36.5 Å². The molecule has 0 bridgehead atoms. The van der Waals surface area contributed by atoms with E-state index in [-0.39, 0.29) is 22.5 Å². The van der Waals surface area contributed by atoms with Gasteiger partial charge in [0.05, 0.1) is 16.6 Å². The first-order valence-electron chi connectivity index (χ1n) is 6.42. The fourth-order valence-corrected chi connectivity index (χ4v) is 3.15. The molecule has 6 heteroatoms. The number of halogens is 2. The average molecular weight is 327 g/mol. The van der Waals surface area contributed by atoms with Crippen molar-refractivity contribution in [3.63, 3.8) is 0 Å². The Kier molecular flexibility index (Phi) is 5.33. The minimum absolute atomic E-state index is 0.0909. The lowest BCUT2D eigenvalue weighted by molar-refractivity contribution is 0.0942. The SMILES string of the molecule is CN(C)C(CNC(=O)c1ccc(F)cc1Cl)c1cccs1. The number of likely N-dealkylation sites (N-methyl/N-ethyl adjacent to an activating group) is 1. The van der Waals surface area contributed by atoms with E-state index in [1.165, 1.54) is 17.0 Å². The van der Waals surface area contributed by atoms with Gasteiger partial charge in [-0.05, 0) is 43.7 Å². The van der Waals surface area contributed by atoms with Crippen molar-refractivity contribution in [2.75, 3.05) is 20.6 Å². The highest BCUT2D eigenvalue weighted by Gasteiger charge is 2.18. The first-order chi connectivity index (χ1) is 9.99. The summed E-state index contributed by atoms with van der Waals surface area (Å²) < 4.78 is 13.0. The summed E-state index contributed by atoms with van der Waals surface area (Å²) in [7, 11) is 3.92. The monoisotopic (exact) mass is 326 g/mol. The molecule has 1 heterocycles. The van der Waals surface area contributed by atoms with Crippen LogP contribution >= 0.6 is 22.9 Å². The summed E-state index contributed by atoms with van der Waals surface area (Å²) in [6.45, 7) is 0.458. The van der Waals surface area contributed by atoms with Crippen molar-refractivity contribution in [3.05, 3.63) is 57.0 Å². The lowest BCUT2D eigenvalue weighted by atomic mass is 10.2. The van der Waals surface area contributed by atoms with Crippen LogP contribution in [-0.2, 0) is 0 Å². The summed E-state index contributed by atoms with van der Waals surface area (Å²) in [6.07, 6.45) is 0. The second kappa shape index (κ2) is 7.02. The van der Waals surface area contributed by atoms with Crippen LogP contribution < -0.4 is 5.32 Å². The molecule has 1 amide bonds. The Morgan fingerprint density at radius 2 is 2.19 bits per heavy atom. The molecule has 0 fully saturated rings. The minimum atomic E-state index is -0.457. The van der Waals surface area contributed by atoms with Crippen LogP contribution in [0.2, 0.25) is 5.02 Å². The Labute approximate surface area is 132 Å². The van der Waals surface area contributed by atoms with E-state index in [9.17, 15) is 9.18 Å². The van der Waals surface area contributed by atoms with E-state index in [0.29, 0.717) is 6.54 Å². The highest BCUT2D eigenvalue weighted by molar-refractivity contribution is 7.10. The molecule has 21 heavy (non-hydrogen) atoms. The summed E-state index contributed by atoms with van der Waals surface area (Å²) in [5.74, 6) is -0.760. The number of carbonyl (C=O) groups excluding carboxylic acids is 1. The fourth-order valence-electron chi connectivity index (χ4n) is 1.98. The van der Waals surface area contributed by atoms with Gasteiger partial charge in [-0.25, -0.2) is 4.39 Å². The topological polar surface area (TPSA) is 32.3 Å². The quantitative estimate of drug-likeness (QED) is 0.911. The number of carbonyl (C=O) groups is 1. The number of amides is 1. The van der Waals surface area contributed by atoms with Gasteiger partial charge in [0.1, 0.15) is 5.82 Å². The first-order valence-corrected chi connectivity index (χ1v) is 7.68. The molecular weight excluding hydrogens is 311 g/mol. The van der Waals surface area contributed by atoms with Crippen molar-refractivity contribution in [1.82, 2.24) is 10.2 Å². The predicted molar refractivity (Wildman–Crippen MR) is 84.5 cm³/mol. The molecule has 0 radical (unpaired) electrons. The number of benzene rings is 1. The summed E-state index contributed by atoms with van der Waals surface area (Å²) >= 11 is 7.54. The van der Waals surface area contributed by atoms with Gasteiger partial charge in [-0.15, -0.1) is 11.3 Å². The molecule has 1 aromatic carbocycles. The summed E-state index contributed by atoms with van der Waals surface area (Å²) in [6, 6.07) is 7.86. The number of hydrogen-bond acceptors (Lipinski definition) is 3. The van der Waals surface area contributed by atoms with Crippen molar-refractivity contribution >= 4 is 28.8 Å². The third-order valence-corrected chi connectivity index (χ3v) is 4.41. The van der Waals surface area contributed by atoms with Crippen LogP contribution in [0, 0.1) is 5.82 Å². The van der Waals surface area contributed by atoms with Crippen molar-refractivity contribution in [2.24, 2.45) is 0 Å². The Hall–Kier alpha value is -1.43. The molecule has 0 aliphatic heterocycles. The lowest BCUT2D eigenvalue weighted by Crippen LogP contribution is -2.34. The van der Waals surface area contributed by atoms with Crippen LogP contribution in [-0.4, -0.2) is 31.4 Å².